The van der Waals surface area contributed by atoms with Gasteiger partial charge in [-0.3, -0.25) is 9.78 Å². The minimum atomic E-state index is 0.0186. The zero-order valence-corrected chi connectivity index (χ0v) is 9.53. The zero-order valence-electron chi connectivity index (χ0n) is 9.53. The number of benzene rings is 1. The van der Waals surface area contributed by atoms with Crippen LogP contribution in [-0.2, 0) is 6.54 Å². The average molecular weight is 224 g/mol. The van der Waals surface area contributed by atoms with Crippen molar-refractivity contribution in [3.05, 3.63) is 53.3 Å². The standard InChI is InChI=1S/C14H12N2O/c1-9-5-11-8-16-14(17)13(11)6-12(9)10-3-2-4-15-7-10/h2-7H,8H2,1H3,(H,16,17). The molecule has 0 atom stereocenters. The number of rotatable bonds is 1. The van der Waals surface area contributed by atoms with E-state index in [2.05, 4.69) is 23.3 Å². The Labute approximate surface area is 99.5 Å². The van der Waals surface area contributed by atoms with E-state index in [4.69, 9.17) is 0 Å². The molecule has 1 N–H and O–H groups in total. The van der Waals surface area contributed by atoms with E-state index in [-0.39, 0.29) is 5.91 Å². The molecule has 3 heteroatoms. The van der Waals surface area contributed by atoms with Crippen molar-refractivity contribution in [2.45, 2.75) is 13.5 Å². The maximum atomic E-state index is 11.6. The summed E-state index contributed by atoms with van der Waals surface area (Å²) in [5.41, 5.74) is 5.17. The van der Waals surface area contributed by atoms with Gasteiger partial charge < -0.3 is 5.32 Å². The Morgan fingerprint density at radius 1 is 1.29 bits per heavy atom. The fraction of sp³-hybridized carbons (Fsp3) is 0.143. The van der Waals surface area contributed by atoms with E-state index in [1.807, 2.05) is 24.4 Å². The van der Waals surface area contributed by atoms with E-state index in [9.17, 15) is 4.79 Å². The topological polar surface area (TPSA) is 42.0 Å². The third kappa shape index (κ3) is 1.60. The predicted octanol–water partition coefficient (Wildman–Crippen LogP) is 2.30. The number of carbonyl (C=O) groups excluding carboxylic acids is 1. The van der Waals surface area contributed by atoms with Crippen molar-refractivity contribution in [1.29, 1.82) is 0 Å². The molecule has 0 aliphatic carbocycles. The van der Waals surface area contributed by atoms with Gasteiger partial charge in [0.05, 0.1) is 0 Å². The van der Waals surface area contributed by atoms with Gasteiger partial charge in [-0.15, -0.1) is 0 Å². The number of hydrogen-bond donors (Lipinski definition) is 1. The van der Waals surface area contributed by atoms with E-state index in [1.165, 1.54) is 5.56 Å². The molecule has 17 heavy (non-hydrogen) atoms. The first-order chi connectivity index (χ1) is 8.25. The van der Waals surface area contributed by atoms with Crippen LogP contribution in [0.25, 0.3) is 11.1 Å². The summed E-state index contributed by atoms with van der Waals surface area (Å²) in [5, 5.41) is 2.84. The number of carbonyl (C=O) groups is 1. The van der Waals surface area contributed by atoms with Crippen molar-refractivity contribution in [3.8, 4) is 11.1 Å². The summed E-state index contributed by atoms with van der Waals surface area (Å²) in [5.74, 6) is 0.0186. The van der Waals surface area contributed by atoms with Crippen molar-refractivity contribution in [1.82, 2.24) is 10.3 Å². The molecule has 1 aromatic heterocycles. The maximum Gasteiger partial charge on any atom is 0.251 e. The number of amides is 1. The molecule has 0 saturated heterocycles. The van der Waals surface area contributed by atoms with E-state index in [0.717, 1.165) is 22.3 Å². The molecule has 0 spiro atoms. The van der Waals surface area contributed by atoms with E-state index < -0.39 is 0 Å². The highest BCUT2D eigenvalue weighted by Crippen LogP contribution is 2.28. The molecule has 1 aromatic carbocycles. The zero-order chi connectivity index (χ0) is 11.8. The Hall–Kier alpha value is -2.16. The quantitative estimate of drug-likeness (QED) is 0.807. The number of pyridine rings is 1. The van der Waals surface area contributed by atoms with Crippen LogP contribution in [0, 0.1) is 6.92 Å². The molecule has 2 aromatic rings. The van der Waals surface area contributed by atoms with Crippen LogP contribution in [0.3, 0.4) is 0 Å². The van der Waals surface area contributed by atoms with Gasteiger partial charge in [-0.05, 0) is 35.7 Å². The number of nitrogens with zero attached hydrogens (tertiary/aromatic N) is 1. The van der Waals surface area contributed by atoms with Crippen LogP contribution < -0.4 is 5.32 Å². The van der Waals surface area contributed by atoms with E-state index in [0.29, 0.717) is 6.54 Å². The molecule has 1 aliphatic heterocycles. The lowest BCUT2D eigenvalue weighted by molar-refractivity contribution is 0.0966. The highest BCUT2D eigenvalue weighted by atomic mass is 16.1. The first-order valence-electron chi connectivity index (χ1n) is 5.58. The Bertz CT molecular complexity index is 591. The fourth-order valence-corrected chi connectivity index (χ4v) is 2.23. The van der Waals surface area contributed by atoms with Crippen molar-refractivity contribution in [2.24, 2.45) is 0 Å². The predicted molar refractivity (Wildman–Crippen MR) is 65.6 cm³/mol. The molecular formula is C14H12N2O. The summed E-state index contributed by atoms with van der Waals surface area (Å²) in [6.07, 6.45) is 3.57. The first-order valence-corrected chi connectivity index (χ1v) is 5.58. The van der Waals surface area contributed by atoms with E-state index >= 15 is 0 Å². The Balaban J connectivity index is 2.19. The number of aromatic nitrogens is 1. The van der Waals surface area contributed by atoms with E-state index in [1.54, 1.807) is 6.20 Å². The van der Waals surface area contributed by atoms with Crippen LogP contribution in [0.2, 0.25) is 0 Å². The van der Waals surface area contributed by atoms with Crippen LogP contribution in [-0.4, -0.2) is 10.9 Å². The number of hydrogen-bond acceptors (Lipinski definition) is 2. The number of fused-ring (bicyclic) bond motifs is 1. The highest BCUT2D eigenvalue weighted by molar-refractivity contribution is 5.99. The van der Waals surface area contributed by atoms with Gasteiger partial charge in [0.15, 0.2) is 0 Å². The normalized spacial score (nSPS) is 13.4. The molecule has 0 saturated carbocycles. The highest BCUT2D eigenvalue weighted by Gasteiger charge is 2.20. The van der Waals surface area contributed by atoms with Gasteiger partial charge >= 0.3 is 0 Å². The lowest BCUT2D eigenvalue weighted by Crippen LogP contribution is -2.12. The van der Waals surface area contributed by atoms with Crippen LogP contribution >= 0.6 is 0 Å². The molecule has 84 valence electrons. The molecule has 1 aliphatic rings. The lowest BCUT2D eigenvalue weighted by atomic mass is 9.96. The lowest BCUT2D eigenvalue weighted by Gasteiger charge is -2.07. The third-order valence-corrected chi connectivity index (χ3v) is 3.11. The molecule has 0 radical (unpaired) electrons. The second-order valence-electron chi connectivity index (χ2n) is 4.25. The van der Waals surface area contributed by atoms with Crippen molar-refractivity contribution in [3.63, 3.8) is 0 Å². The Morgan fingerprint density at radius 3 is 2.94 bits per heavy atom. The molecule has 0 unspecified atom stereocenters. The maximum absolute atomic E-state index is 11.6. The van der Waals surface area contributed by atoms with Gasteiger partial charge in [0, 0.05) is 30.1 Å². The van der Waals surface area contributed by atoms with Crippen molar-refractivity contribution < 1.29 is 4.79 Å². The Kier molecular flexibility index (Phi) is 2.18. The minimum Gasteiger partial charge on any atom is -0.348 e. The first kappa shape index (κ1) is 10.0. The number of nitrogens with one attached hydrogen (secondary N) is 1. The minimum absolute atomic E-state index is 0.0186. The molecule has 0 bridgehead atoms. The SMILES string of the molecule is Cc1cc2c(cc1-c1cccnc1)C(=O)NC2. The fourth-order valence-electron chi connectivity index (χ4n) is 2.23. The third-order valence-electron chi connectivity index (χ3n) is 3.11. The van der Waals surface area contributed by atoms with Crippen LogP contribution in [0.1, 0.15) is 21.5 Å². The van der Waals surface area contributed by atoms with Crippen molar-refractivity contribution in [2.75, 3.05) is 0 Å². The largest absolute Gasteiger partial charge is 0.348 e. The van der Waals surface area contributed by atoms with Gasteiger partial charge in [-0.1, -0.05) is 12.1 Å². The molecule has 2 heterocycles. The van der Waals surface area contributed by atoms with Gasteiger partial charge in [0.25, 0.3) is 5.91 Å². The van der Waals surface area contributed by atoms with Gasteiger partial charge in [0.1, 0.15) is 0 Å². The van der Waals surface area contributed by atoms with Crippen LogP contribution in [0.15, 0.2) is 36.7 Å². The molecule has 3 nitrogen and oxygen atoms in total. The summed E-state index contributed by atoms with van der Waals surface area (Å²) in [7, 11) is 0. The monoisotopic (exact) mass is 224 g/mol. The molecular weight excluding hydrogens is 212 g/mol. The molecule has 0 fully saturated rings. The smallest absolute Gasteiger partial charge is 0.251 e. The van der Waals surface area contributed by atoms with Gasteiger partial charge in [-0.2, -0.15) is 0 Å². The second-order valence-corrected chi connectivity index (χ2v) is 4.25. The molecule has 1 amide bonds. The summed E-state index contributed by atoms with van der Waals surface area (Å²) < 4.78 is 0. The average Bonchev–Trinajstić information content (AvgIpc) is 2.70. The second kappa shape index (κ2) is 3.70. The molecule has 3 rings (SSSR count). The summed E-state index contributed by atoms with van der Waals surface area (Å²) in [6.45, 7) is 2.70. The van der Waals surface area contributed by atoms with Gasteiger partial charge in [-0.25, -0.2) is 0 Å². The van der Waals surface area contributed by atoms with Gasteiger partial charge in [0.2, 0.25) is 0 Å². The van der Waals surface area contributed by atoms with Crippen LogP contribution in [0.5, 0.6) is 0 Å². The Morgan fingerprint density at radius 2 is 2.18 bits per heavy atom. The summed E-state index contributed by atoms with van der Waals surface area (Å²) in [4.78, 5) is 15.7. The number of aryl methyl sites for hydroxylation is 1. The van der Waals surface area contributed by atoms with Crippen LogP contribution in [0.4, 0.5) is 0 Å². The summed E-state index contributed by atoms with van der Waals surface area (Å²) in [6, 6.07) is 7.95. The summed E-state index contributed by atoms with van der Waals surface area (Å²) >= 11 is 0. The van der Waals surface area contributed by atoms with Crippen molar-refractivity contribution >= 4 is 5.91 Å².